The van der Waals surface area contributed by atoms with E-state index >= 15 is 0 Å². The summed E-state index contributed by atoms with van der Waals surface area (Å²) in [7, 11) is -9.96. The van der Waals surface area contributed by atoms with Crippen molar-refractivity contribution in [3.63, 3.8) is 0 Å². The number of esters is 4. The summed E-state index contributed by atoms with van der Waals surface area (Å²) in [4.78, 5) is 72.9. The fourth-order valence-electron chi connectivity index (χ4n) is 10.7. The second kappa shape index (κ2) is 73.5. The van der Waals surface area contributed by atoms with Gasteiger partial charge < -0.3 is 33.8 Å². The summed E-state index contributed by atoms with van der Waals surface area (Å²) in [5.74, 6) is -2.24. The first-order valence-electron chi connectivity index (χ1n) is 39.8. The third-order valence-corrected chi connectivity index (χ3v) is 18.8. The van der Waals surface area contributed by atoms with Gasteiger partial charge in [0.05, 0.1) is 26.4 Å². The topological polar surface area (TPSA) is 237 Å². The SMILES string of the molecule is CCCCC/C=C\C/C=C\C/C=C\C/C=C\CCCC(=O)OC[C@H](COP(=O)(O)OC[C@H](O)COP(=O)(O)OC[C@@H](COC(=O)CCCCCCC/C=C\CCCCCCCC)OC(=O)CCCCCCCCCCCCCCC)OC(=O)CCCCCCC/C=C\C=C/CCCCCC. The van der Waals surface area contributed by atoms with E-state index in [1.165, 1.54) is 135 Å². The molecule has 0 fully saturated rings. The fourth-order valence-corrected chi connectivity index (χ4v) is 12.3. The summed E-state index contributed by atoms with van der Waals surface area (Å²) in [6.45, 7) is 4.78. The average molecular weight is 1450 g/mol. The van der Waals surface area contributed by atoms with Crippen molar-refractivity contribution < 1.29 is 80.2 Å². The number of phosphoric ester groups is 2. The predicted molar refractivity (Wildman–Crippen MR) is 409 cm³/mol. The van der Waals surface area contributed by atoms with Gasteiger partial charge in [0, 0.05) is 25.7 Å². The van der Waals surface area contributed by atoms with Crippen LogP contribution in [0.3, 0.4) is 0 Å². The van der Waals surface area contributed by atoms with Crippen LogP contribution in [0, 0.1) is 0 Å². The Morgan fingerprint density at radius 2 is 0.530 bits per heavy atom. The highest BCUT2D eigenvalue weighted by atomic mass is 31.2. The normalized spacial score (nSPS) is 14.3. The standard InChI is InChI=1S/C81H144O17P2/c1-5-9-13-17-21-25-29-33-36-37-40-43-46-50-54-58-62-66-79(84)92-72-77(98-81(86)68-64-60-56-52-48-44-39-35-31-27-23-19-15-11-7-3)74-96-100(89,90)94-70-75(82)69-93-99(87,88)95-73-76(97-80(85)67-63-59-55-51-47-41-32-28-24-20-16-12-8-4)71-91-78(83)65-61-57-53-49-45-42-38-34-30-26-22-18-14-10-6-2/h21,25,27,31,33-36,38-40,43,50,54,75-77,82H,5-20,22-24,26,28-30,32,37,41-42,44-49,51-53,55-74H2,1-4H3,(H,87,88)(H,89,90)/b25-21-,31-27-,36-33-,38-34-,39-35-,43-40-,54-50-/t75-,76-,77-/m1/s1. The lowest BCUT2D eigenvalue weighted by molar-refractivity contribution is -0.161. The molecule has 0 aliphatic carbocycles. The maximum atomic E-state index is 13.1. The molecular weight excluding hydrogens is 1310 g/mol. The molecule has 0 heterocycles. The Morgan fingerprint density at radius 3 is 0.890 bits per heavy atom. The van der Waals surface area contributed by atoms with Crippen molar-refractivity contribution in [2.75, 3.05) is 39.6 Å². The van der Waals surface area contributed by atoms with Crippen molar-refractivity contribution in [3.8, 4) is 0 Å². The summed E-state index contributed by atoms with van der Waals surface area (Å²) in [6.07, 6.45) is 75.7. The second-order valence-electron chi connectivity index (χ2n) is 26.7. The molecule has 3 N–H and O–H groups in total. The van der Waals surface area contributed by atoms with E-state index in [0.29, 0.717) is 32.1 Å². The lowest BCUT2D eigenvalue weighted by Gasteiger charge is -2.21. The Balaban J connectivity index is 5.39. The van der Waals surface area contributed by atoms with Crippen molar-refractivity contribution in [3.05, 3.63) is 85.1 Å². The number of unbranched alkanes of at least 4 members (excludes halogenated alkanes) is 36. The van der Waals surface area contributed by atoms with Crippen LogP contribution in [0.4, 0.5) is 0 Å². The van der Waals surface area contributed by atoms with E-state index in [-0.39, 0.29) is 25.7 Å². The van der Waals surface area contributed by atoms with Crippen LogP contribution >= 0.6 is 15.6 Å². The van der Waals surface area contributed by atoms with Crippen LogP contribution < -0.4 is 0 Å². The first-order chi connectivity index (χ1) is 48.7. The van der Waals surface area contributed by atoms with Crippen molar-refractivity contribution in [1.29, 1.82) is 0 Å². The third-order valence-electron chi connectivity index (χ3n) is 16.9. The van der Waals surface area contributed by atoms with Crippen LogP contribution in [0.1, 0.15) is 349 Å². The lowest BCUT2D eigenvalue weighted by atomic mass is 10.0. The van der Waals surface area contributed by atoms with Crippen molar-refractivity contribution in [2.24, 2.45) is 0 Å². The van der Waals surface area contributed by atoms with Crippen LogP contribution in [0.15, 0.2) is 85.1 Å². The molecule has 2 unspecified atom stereocenters. The van der Waals surface area contributed by atoms with Gasteiger partial charge in [0.15, 0.2) is 12.2 Å². The molecule has 100 heavy (non-hydrogen) atoms. The number of allylic oxidation sites excluding steroid dienone is 14. The quantitative estimate of drug-likeness (QED) is 0.0128. The zero-order valence-corrected chi connectivity index (χ0v) is 65.2. The van der Waals surface area contributed by atoms with E-state index in [1.54, 1.807) is 0 Å². The number of carbonyl (C=O) groups excluding carboxylic acids is 4. The van der Waals surface area contributed by atoms with Gasteiger partial charge in [0.25, 0.3) is 0 Å². The molecule has 0 aliphatic rings. The van der Waals surface area contributed by atoms with E-state index in [2.05, 4.69) is 101 Å². The molecule has 0 bridgehead atoms. The second-order valence-corrected chi connectivity index (χ2v) is 29.6. The maximum absolute atomic E-state index is 13.1. The molecule has 0 aromatic heterocycles. The Morgan fingerprint density at radius 1 is 0.290 bits per heavy atom. The van der Waals surface area contributed by atoms with Gasteiger partial charge >= 0.3 is 39.5 Å². The van der Waals surface area contributed by atoms with Crippen molar-refractivity contribution in [1.82, 2.24) is 0 Å². The molecule has 17 nitrogen and oxygen atoms in total. The van der Waals surface area contributed by atoms with Crippen LogP contribution in [0.25, 0.3) is 0 Å². The van der Waals surface area contributed by atoms with Crippen LogP contribution in [0.2, 0.25) is 0 Å². The van der Waals surface area contributed by atoms with Crippen LogP contribution in [0.5, 0.6) is 0 Å². The van der Waals surface area contributed by atoms with Gasteiger partial charge in [0.1, 0.15) is 19.3 Å². The number of phosphoric acid groups is 2. The minimum atomic E-state index is -4.99. The van der Waals surface area contributed by atoms with Crippen LogP contribution in [-0.4, -0.2) is 96.7 Å². The maximum Gasteiger partial charge on any atom is 0.472 e. The Kier molecular flexibility index (Phi) is 70.8. The molecule has 0 rings (SSSR count). The van der Waals surface area contributed by atoms with Crippen molar-refractivity contribution >= 4 is 39.5 Å². The molecule has 0 spiro atoms. The largest absolute Gasteiger partial charge is 0.472 e. The van der Waals surface area contributed by atoms with E-state index in [0.717, 1.165) is 128 Å². The molecule has 0 aliphatic heterocycles. The summed E-state index contributed by atoms with van der Waals surface area (Å²) in [5, 5.41) is 10.6. The summed E-state index contributed by atoms with van der Waals surface area (Å²) >= 11 is 0. The van der Waals surface area contributed by atoms with Gasteiger partial charge in [-0.25, -0.2) is 9.13 Å². The first-order valence-corrected chi connectivity index (χ1v) is 42.8. The monoisotopic (exact) mass is 1450 g/mol. The summed E-state index contributed by atoms with van der Waals surface area (Å²) in [6, 6.07) is 0. The molecule has 5 atom stereocenters. The van der Waals surface area contributed by atoms with Gasteiger partial charge in [-0.3, -0.25) is 37.3 Å². The predicted octanol–water partition coefficient (Wildman–Crippen LogP) is 23.0. The molecule has 0 saturated heterocycles. The van der Waals surface area contributed by atoms with Crippen LogP contribution in [-0.2, 0) is 65.4 Å². The molecular formula is C81H144O17P2. The lowest BCUT2D eigenvalue weighted by Crippen LogP contribution is -2.30. The molecule has 0 amide bonds. The van der Waals surface area contributed by atoms with E-state index in [1.807, 2.05) is 12.2 Å². The Hall–Kier alpha value is -3.76. The Labute approximate surface area is 608 Å². The van der Waals surface area contributed by atoms with Gasteiger partial charge in [0.2, 0.25) is 0 Å². The number of hydrogen-bond acceptors (Lipinski definition) is 15. The number of aliphatic hydroxyl groups is 1. The highest BCUT2D eigenvalue weighted by Gasteiger charge is 2.30. The first kappa shape index (κ1) is 96.2. The van der Waals surface area contributed by atoms with E-state index in [9.17, 15) is 43.2 Å². The minimum absolute atomic E-state index is 0.0669. The zero-order chi connectivity index (χ0) is 73.2. The molecule has 580 valence electrons. The molecule has 0 saturated carbocycles. The smallest absolute Gasteiger partial charge is 0.462 e. The van der Waals surface area contributed by atoms with Crippen molar-refractivity contribution in [2.45, 2.75) is 367 Å². The zero-order valence-electron chi connectivity index (χ0n) is 63.4. The van der Waals surface area contributed by atoms with E-state index in [4.69, 9.17) is 37.0 Å². The highest BCUT2D eigenvalue weighted by Crippen LogP contribution is 2.45. The van der Waals surface area contributed by atoms with Gasteiger partial charge in [-0.15, -0.1) is 0 Å². The number of hydrogen-bond donors (Lipinski definition) is 3. The molecule has 19 heteroatoms. The number of aliphatic hydroxyl groups excluding tert-OH is 1. The fraction of sp³-hybridized carbons (Fsp3) is 0.778. The van der Waals surface area contributed by atoms with Gasteiger partial charge in [-0.2, -0.15) is 0 Å². The minimum Gasteiger partial charge on any atom is -0.462 e. The third kappa shape index (κ3) is 72.6. The van der Waals surface area contributed by atoms with Gasteiger partial charge in [-0.05, 0) is 116 Å². The summed E-state index contributed by atoms with van der Waals surface area (Å²) < 4.78 is 68.5. The van der Waals surface area contributed by atoms with Gasteiger partial charge in [-0.1, -0.05) is 293 Å². The number of carbonyl (C=O) groups is 4. The number of rotatable bonds is 75. The highest BCUT2D eigenvalue weighted by molar-refractivity contribution is 7.47. The van der Waals surface area contributed by atoms with E-state index < -0.39 is 97.5 Å². The molecule has 0 aromatic rings. The Bertz CT molecular complexity index is 2230. The summed E-state index contributed by atoms with van der Waals surface area (Å²) in [5.41, 5.74) is 0. The average Bonchev–Trinajstić information content (AvgIpc) is 1.06. The molecule has 0 radical (unpaired) electrons. The molecule has 0 aromatic carbocycles. The number of ether oxygens (including phenoxy) is 4.